The zero-order chi connectivity index (χ0) is 17.1. The first-order chi connectivity index (χ1) is 11.5. The van der Waals surface area contributed by atoms with Crippen LogP contribution in [0.15, 0.2) is 54.6 Å². The molecular weight excluding hydrogens is 324 g/mol. The lowest BCUT2D eigenvalue weighted by Crippen LogP contribution is -2.45. The van der Waals surface area contributed by atoms with Crippen LogP contribution in [0, 0.1) is 0 Å². The van der Waals surface area contributed by atoms with E-state index in [1.54, 1.807) is 0 Å². The molecule has 2 atom stereocenters. The second kappa shape index (κ2) is 6.97. The lowest BCUT2D eigenvalue weighted by Gasteiger charge is -2.24. The molecule has 1 aliphatic heterocycles. The first-order valence-corrected chi connectivity index (χ1v) is 8.15. The molecule has 1 saturated heterocycles. The molecule has 1 aliphatic rings. The molecule has 2 amide bonds. The fourth-order valence-electron chi connectivity index (χ4n) is 2.78. The van der Waals surface area contributed by atoms with Gasteiger partial charge < -0.3 is 15.4 Å². The highest BCUT2D eigenvalue weighted by molar-refractivity contribution is 7.81. The molecule has 0 spiro atoms. The van der Waals surface area contributed by atoms with Crippen LogP contribution in [0.2, 0.25) is 0 Å². The number of likely N-dealkylation sites (tertiary alicyclic amines) is 1. The van der Waals surface area contributed by atoms with Crippen LogP contribution in [0.4, 0.5) is 0 Å². The molecule has 24 heavy (non-hydrogen) atoms. The van der Waals surface area contributed by atoms with Gasteiger partial charge in [-0.25, -0.2) is 0 Å². The van der Waals surface area contributed by atoms with Crippen molar-refractivity contribution in [1.82, 2.24) is 4.90 Å². The van der Waals surface area contributed by atoms with Crippen molar-refractivity contribution in [1.29, 1.82) is 0 Å². The van der Waals surface area contributed by atoms with Crippen molar-refractivity contribution in [3.05, 3.63) is 60.2 Å². The number of nitrogens with two attached hydrogens (primary N) is 1. The van der Waals surface area contributed by atoms with E-state index >= 15 is 0 Å². The predicted octanol–water partition coefficient (Wildman–Crippen LogP) is 2.36. The smallest absolute Gasteiger partial charge is 0.241 e. The van der Waals surface area contributed by atoms with Crippen LogP contribution < -0.4 is 10.5 Å². The summed E-state index contributed by atoms with van der Waals surface area (Å²) in [7, 11) is 0. The minimum Gasteiger partial charge on any atom is -0.457 e. The van der Waals surface area contributed by atoms with E-state index in [0.29, 0.717) is 12.3 Å². The first kappa shape index (κ1) is 16.4. The number of rotatable bonds is 5. The molecule has 5 nitrogen and oxygen atoms in total. The highest BCUT2D eigenvalue weighted by Gasteiger charge is 2.41. The molecule has 2 N–H and O–H groups in total. The Kier molecular flexibility index (Phi) is 4.76. The van der Waals surface area contributed by atoms with Gasteiger partial charge in [-0.15, -0.1) is 0 Å². The van der Waals surface area contributed by atoms with E-state index in [0.717, 1.165) is 11.3 Å². The van der Waals surface area contributed by atoms with Gasteiger partial charge in [-0.05, 0) is 29.8 Å². The van der Waals surface area contributed by atoms with Gasteiger partial charge in [0, 0.05) is 18.2 Å². The summed E-state index contributed by atoms with van der Waals surface area (Å²) in [5, 5.41) is -0.351. The van der Waals surface area contributed by atoms with E-state index in [4.69, 9.17) is 10.5 Å². The largest absolute Gasteiger partial charge is 0.457 e. The Labute approximate surface area is 145 Å². The average molecular weight is 342 g/mol. The quantitative estimate of drug-likeness (QED) is 0.820. The van der Waals surface area contributed by atoms with Gasteiger partial charge in [0.05, 0.1) is 0 Å². The molecule has 0 unspecified atom stereocenters. The van der Waals surface area contributed by atoms with Crippen LogP contribution >= 0.6 is 12.6 Å². The number of nitrogens with zero attached hydrogens (tertiary/aromatic N) is 1. The first-order valence-electron chi connectivity index (χ1n) is 7.63. The molecule has 0 aliphatic carbocycles. The predicted molar refractivity (Wildman–Crippen MR) is 93.9 cm³/mol. The monoisotopic (exact) mass is 342 g/mol. The number of hydrogen-bond donors (Lipinski definition) is 2. The highest BCUT2D eigenvalue weighted by Crippen LogP contribution is 2.27. The van der Waals surface area contributed by atoms with E-state index in [1.165, 1.54) is 4.90 Å². The summed E-state index contributed by atoms with van der Waals surface area (Å²) >= 11 is 4.30. The normalized spacial score (nSPS) is 20.2. The molecule has 124 valence electrons. The maximum absolute atomic E-state index is 12.1. The lowest BCUT2D eigenvalue weighted by molar-refractivity contribution is -0.134. The Morgan fingerprint density at radius 2 is 1.75 bits per heavy atom. The molecule has 0 radical (unpaired) electrons. The van der Waals surface area contributed by atoms with Crippen molar-refractivity contribution in [2.24, 2.45) is 5.73 Å². The van der Waals surface area contributed by atoms with Gasteiger partial charge in [0.1, 0.15) is 17.5 Å². The number of thiol groups is 1. The zero-order valence-electron chi connectivity index (χ0n) is 13.0. The van der Waals surface area contributed by atoms with Gasteiger partial charge in [0.15, 0.2) is 0 Å². The minimum absolute atomic E-state index is 0.108. The lowest BCUT2D eigenvalue weighted by atomic mass is 10.1. The molecule has 1 fully saturated rings. The van der Waals surface area contributed by atoms with Crippen LogP contribution in [-0.4, -0.2) is 28.0 Å². The number of ether oxygens (including phenoxy) is 1. The zero-order valence-corrected chi connectivity index (χ0v) is 13.9. The van der Waals surface area contributed by atoms with Gasteiger partial charge in [0.2, 0.25) is 11.8 Å². The van der Waals surface area contributed by atoms with Crippen molar-refractivity contribution in [3.8, 4) is 11.5 Å². The third-order valence-corrected chi connectivity index (χ3v) is 4.42. The summed E-state index contributed by atoms with van der Waals surface area (Å²) in [6.07, 6.45) is 0.228. The fraction of sp³-hybridized carbons (Fsp3) is 0.222. The topological polar surface area (TPSA) is 72.6 Å². The summed E-state index contributed by atoms with van der Waals surface area (Å²) < 4.78 is 5.73. The number of amides is 2. The number of hydrogen-bond acceptors (Lipinski definition) is 4. The maximum atomic E-state index is 12.1. The third kappa shape index (κ3) is 3.54. The van der Waals surface area contributed by atoms with Gasteiger partial charge in [-0.3, -0.25) is 9.59 Å². The summed E-state index contributed by atoms with van der Waals surface area (Å²) in [5.41, 5.74) is 6.30. The Morgan fingerprint density at radius 1 is 1.12 bits per heavy atom. The van der Waals surface area contributed by atoms with Crippen LogP contribution in [0.25, 0.3) is 0 Å². The molecule has 0 aromatic heterocycles. The number of benzene rings is 2. The number of carbonyl (C=O) groups excluding carboxylic acids is 2. The Balaban J connectivity index is 1.70. The third-order valence-electron chi connectivity index (χ3n) is 3.95. The average Bonchev–Trinajstić information content (AvgIpc) is 2.84. The molecular formula is C18H18N2O3S. The van der Waals surface area contributed by atoms with Crippen molar-refractivity contribution in [2.75, 3.05) is 0 Å². The van der Waals surface area contributed by atoms with Crippen molar-refractivity contribution in [2.45, 2.75) is 24.3 Å². The second-order valence-electron chi connectivity index (χ2n) is 5.70. The van der Waals surface area contributed by atoms with Crippen LogP contribution in [0.3, 0.4) is 0 Å². The Hall–Kier alpha value is -2.47. The molecule has 1 heterocycles. The van der Waals surface area contributed by atoms with Gasteiger partial charge in [-0.1, -0.05) is 30.3 Å². The molecule has 2 aromatic carbocycles. The van der Waals surface area contributed by atoms with Gasteiger partial charge >= 0.3 is 0 Å². The summed E-state index contributed by atoms with van der Waals surface area (Å²) in [5.74, 6) is 0.830. The van der Waals surface area contributed by atoms with Crippen LogP contribution in [0.1, 0.15) is 12.0 Å². The molecule has 2 aromatic rings. The van der Waals surface area contributed by atoms with Gasteiger partial charge in [-0.2, -0.15) is 12.6 Å². The van der Waals surface area contributed by atoms with Crippen molar-refractivity contribution >= 4 is 24.4 Å². The molecule has 0 bridgehead atoms. The van der Waals surface area contributed by atoms with Crippen molar-refractivity contribution < 1.29 is 14.3 Å². The maximum Gasteiger partial charge on any atom is 0.241 e. The number of carbonyl (C=O) groups is 2. The molecule has 6 heteroatoms. The minimum atomic E-state index is -0.666. The SMILES string of the molecule is NC(=O)[C@@H]1[C@@H](S)CC(=O)N1Cc1ccc(Oc2ccccc2)cc1. The Morgan fingerprint density at radius 3 is 2.38 bits per heavy atom. The van der Waals surface area contributed by atoms with Crippen LogP contribution in [-0.2, 0) is 16.1 Å². The van der Waals surface area contributed by atoms with E-state index in [2.05, 4.69) is 12.6 Å². The summed E-state index contributed by atoms with van der Waals surface area (Å²) in [4.78, 5) is 25.1. The number of para-hydroxylation sites is 1. The van der Waals surface area contributed by atoms with Gasteiger partial charge in [0.25, 0.3) is 0 Å². The fourth-order valence-corrected chi connectivity index (χ4v) is 3.25. The van der Waals surface area contributed by atoms with Crippen LogP contribution in [0.5, 0.6) is 11.5 Å². The Bertz CT molecular complexity index is 734. The molecule has 0 saturated carbocycles. The highest BCUT2D eigenvalue weighted by atomic mass is 32.1. The standard InChI is InChI=1S/C18H18N2O3S/c19-18(22)17-15(24)10-16(21)20(17)11-12-6-8-14(9-7-12)23-13-4-2-1-3-5-13/h1-9,15,17,24H,10-11H2,(H2,19,22)/t15-,17-/m0/s1. The van der Waals surface area contributed by atoms with E-state index in [9.17, 15) is 9.59 Å². The summed E-state index contributed by atoms with van der Waals surface area (Å²) in [6, 6.07) is 16.2. The van der Waals surface area contributed by atoms with E-state index in [1.807, 2.05) is 54.6 Å². The molecule has 3 rings (SSSR count). The summed E-state index contributed by atoms with van der Waals surface area (Å²) in [6.45, 7) is 0.328. The van der Waals surface area contributed by atoms with Crippen molar-refractivity contribution in [3.63, 3.8) is 0 Å². The second-order valence-corrected chi connectivity index (χ2v) is 6.36. The van der Waals surface area contributed by atoms with E-state index < -0.39 is 11.9 Å². The van der Waals surface area contributed by atoms with E-state index in [-0.39, 0.29) is 17.6 Å². The number of primary amides is 1.